The van der Waals surface area contributed by atoms with Crippen molar-refractivity contribution in [3.8, 4) is 17.2 Å². The molecule has 1 aliphatic rings. The van der Waals surface area contributed by atoms with Crippen LogP contribution >= 0.6 is 11.6 Å². The Morgan fingerprint density at radius 1 is 1.28 bits per heavy atom. The van der Waals surface area contributed by atoms with Gasteiger partial charge in [0.2, 0.25) is 5.91 Å². The molecule has 0 spiro atoms. The molecule has 0 radical (unpaired) electrons. The fourth-order valence-corrected chi connectivity index (χ4v) is 3.52. The highest BCUT2D eigenvalue weighted by Gasteiger charge is 2.20. The van der Waals surface area contributed by atoms with Crippen molar-refractivity contribution in [1.82, 2.24) is 5.32 Å². The Balaban J connectivity index is 2.21. The van der Waals surface area contributed by atoms with Crippen molar-refractivity contribution in [3.63, 3.8) is 0 Å². The molecule has 0 aromatic heterocycles. The summed E-state index contributed by atoms with van der Waals surface area (Å²) in [6, 6.07) is 13.6. The van der Waals surface area contributed by atoms with Crippen LogP contribution in [0.3, 0.4) is 0 Å². The standard InChI is InChI=1S/C21H19ClN2O/c1-13(18-7-4-8-24-21(18)25)19-9-15(12-23)10-20(14(19)2)16-5-3-6-17(22)11-16/h3,5-6,9-11H,4,7-8H2,1-2H3,(H,24,25)/b18-13+. The van der Waals surface area contributed by atoms with Crippen molar-refractivity contribution in [1.29, 1.82) is 5.26 Å². The van der Waals surface area contributed by atoms with E-state index in [2.05, 4.69) is 11.4 Å². The highest BCUT2D eigenvalue weighted by Crippen LogP contribution is 2.34. The van der Waals surface area contributed by atoms with Crippen molar-refractivity contribution >= 4 is 23.1 Å². The summed E-state index contributed by atoms with van der Waals surface area (Å²) in [6.45, 7) is 4.71. The predicted molar refractivity (Wildman–Crippen MR) is 101 cm³/mol. The van der Waals surface area contributed by atoms with Gasteiger partial charge in [-0.15, -0.1) is 0 Å². The fourth-order valence-electron chi connectivity index (χ4n) is 3.33. The number of nitrogens with zero attached hydrogens (tertiary/aromatic N) is 1. The van der Waals surface area contributed by atoms with Crippen LogP contribution in [0.5, 0.6) is 0 Å². The lowest BCUT2D eigenvalue weighted by atomic mass is 9.87. The lowest BCUT2D eigenvalue weighted by Gasteiger charge is -2.20. The van der Waals surface area contributed by atoms with Gasteiger partial charge in [-0.05, 0) is 78.8 Å². The zero-order chi connectivity index (χ0) is 18.0. The molecule has 1 heterocycles. The van der Waals surface area contributed by atoms with E-state index < -0.39 is 0 Å². The molecule has 1 fully saturated rings. The number of carbonyl (C=O) groups is 1. The summed E-state index contributed by atoms with van der Waals surface area (Å²) < 4.78 is 0. The zero-order valence-electron chi connectivity index (χ0n) is 14.3. The maximum Gasteiger partial charge on any atom is 0.247 e. The molecular weight excluding hydrogens is 332 g/mol. The van der Waals surface area contributed by atoms with Gasteiger partial charge in [-0.3, -0.25) is 4.79 Å². The minimum absolute atomic E-state index is 0.00480. The van der Waals surface area contributed by atoms with E-state index in [4.69, 9.17) is 11.6 Å². The van der Waals surface area contributed by atoms with Crippen LogP contribution in [-0.2, 0) is 4.79 Å². The number of piperidine rings is 1. The van der Waals surface area contributed by atoms with Crippen molar-refractivity contribution in [2.75, 3.05) is 6.54 Å². The van der Waals surface area contributed by atoms with E-state index in [-0.39, 0.29) is 5.91 Å². The maximum atomic E-state index is 12.2. The summed E-state index contributed by atoms with van der Waals surface area (Å²) in [5.74, 6) is -0.00480. The largest absolute Gasteiger partial charge is 0.352 e. The van der Waals surface area contributed by atoms with E-state index >= 15 is 0 Å². The molecule has 1 aliphatic heterocycles. The molecule has 0 bridgehead atoms. The molecular formula is C21H19ClN2O. The van der Waals surface area contributed by atoms with Crippen LogP contribution in [0.4, 0.5) is 0 Å². The summed E-state index contributed by atoms with van der Waals surface area (Å²) in [4.78, 5) is 12.2. The number of rotatable bonds is 2. The fraction of sp³-hybridized carbons (Fsp3) is 0.238. The van der Waals surface area contributed by atoms with Gasteiger partial charge in [0, 0.05) is 17.1 Å². The Kier molecular flexibility index (Phi) is 4.92. The minimum atomic E-state index is -0.00480. The number of nitriles is 1. The highest BCUT2D eigenvalue weighted by molar-refractivity contribution is 6.30. The Labute approximate surface area is 152 Å². The van der Waals surface area contributed by atoms with Crippen LogP contribution in [0.25, 0.3) is 16.7 Å². The molecule has 126 valence electrons. The molecule has 0 aliphatic carbocycles. The number of halogens is 1. The van der Waals surface area contributed by atoms with Crippen molar-refractivity contribution in [2.24, 2.45) is 0 Å². The first kappa shape index (κ1) is 17.3. The van der Waals surface area contributed by atoms with Gasteiger partial charge in [-0.2, -0.15) is 5.26 Å². The van der Waals surface area contributed by atoms with Gasteiger partial charge in [-0.25, -0.2) is 0 Å². The van der Waals surface area contributed by atoms with E-state index in [9.17, 15) is 10.1 Å². The van der Waals surface area contributed by atoms with E-state index in [0.717, 1.165) is 52.8 Å². The second kappa shape index (κ2) is 7.13. The normalized spacial score (nSPS) is 16.2. The van der Waals surface area contributed by atoms with Crippen LogP contribution in [-0.4, -0.2) is 12.5 Å². The zero-order valence-corrected chi connectivity index (χ0v) is 15.1. The third-order valence-corrected chi connectivity index (χ3v) is 4.93. The predicted octanol–water partition coefficient (Wildman–Crippen LogP) is 4.87. The van der Waals surface area contributed by atoms with E-state index in [0.29, 0.717) is 10.6 Å². The van der Waals surface area contributed by atoms with Crippen molar-refractivity contribution < 1.29 is 4.79 Å². The second-order valence-electron chi connectivity index (χ2n) is 6.28. The first-order valence-electron chi connectivity index (χ1n) is 8.30. The first-order valence-corrected chi connectivity index (χ1v) is 8.68. The smallest absolute Gasteiger partial charge is 0.247 e. The Morgan fingerprint density at radius 2 is 2.08 bits per heavy atom. The average Bonchev–Trinajstić information content (AvgIpc) is 2.62. The SMILES string of the molecule is C/C(=C1/CCCNC1=O)c1cc(C#N)cc(-c2cccc(Cl)c2)c1C. The summed E-state index contributed by atoms with van der Waals surface area (Å²) in [5, 5.41) is 13.0. The summed E-state index contributed by atoms with van der Waals surface area (Å²) in [5.41, 5.74) is 6.25. The van der Waals surface area contributed by atoms with Crippen LogP contribution < -0.4 is 5.32 Å². The molecule has 2 aromatic carbocycles. The Hall–Kier alpha value is -2.57. The summed E-state index contributed by atoms with van der Waals surface area (Å²) >= 11 is 6.14. The van der Waals surface area contributed by atoms with E-state index in [1.165, 1.54) is 0 Å². The average molecular weight is 351 g/mol. The molecule has 0 saturated carbocycles. The molecule has 0 atom stereocenters. The molecule has 1 amide bonds. The van der Waals surface area contributed by atoms with Crippen molar-refractivity contribution in [2.45, 2.75) is 26.7 Å². The van der Waals surface area contributed by atoms with Crippen LogP contribution in [0.2, 0.25) is 5.02 Å². The maximum absolute atomic E-state index is 12.2. The monoisotopic (exact) mass is 350 g/mol. The Bertz CT molecular complexity index is 922. The molecule has 3 nitrogen and oxygen atoms in total. The van der Waals surface area contributed by atoms with E-state index in [1.807, 2.05) is 50.2 Å². The quantitative estimate of drug-likeness (QED) is 0.785. The van der Waals surface area contributed by atoms with E-state index in [1.54, 1.807) is 0 Å². The number of carbonyl (C=O) groups excluding carboxylic acids is 1. The third kappa shape index (κ3) is 3.45. The first-order chi connectivity index (χ1) is 12.0. The lowest BCUT2D eigenvalue weighted by Crippen LogP contribution is -2.31. The molecule has 4 heteroatoms. The molecule has 3 rings (SSSR count). The van der Waals surface area contributed by atoms with Gasteiger partial charge in [0.15, 0.2) is 0 Å². The van der Waals surface area contributed by atoms with Crippen LogP contribution in [0.1, 0.15) is 36.5 Å². The minimum Gasteiger partial charge on any atom is -0.352 e. The van der Waals surface area contributed by atoms with Crippen LogP contribution in [0.15, 0.2) is 42.0 Å². The number of hydrogen-bond donors (Lipinski definition) is 1. The number of allylic oxidation sites excluding steroid dienone is 1. The summed E-state index contributed by atoms with van der Waals surface area (Å²) in [7, 11) is 0. The molecule has 25 heavy (non-hydrogen) atoms. The van der Waals surface area contributed by atoms with Crippen LogP contribution in [0, 0.1) is 18.3 Å². The number of benzene rings is 2. The third-order valence-electron chi connectivity index (χ3n) is 4.69. The topological polar surface area (TPSA) is 52.9 Å². The second-order valence-corrected chi connectivity index (χ2v) is 6.72. The van der Waals surface area contributed by atoms with Gasteiger partial charge < -0.3 is 5.32 Å². The van der Waals surface area contributed by atoms with Gasteiger partial charge in [-0.1, -0.05) is 23.7 Å². The molecule has 2 aromatic rings. The molecule has 1 saturated heterocycles. The summed E-state index contributed by atoms with van der Waals surface area (Å²) in [6.07, 6.45) is 1.71. The number of nitrogens with one attached hydrogen (secondary N) is 1. The van der Waals surface area contributed by atoms with Gasteiger partial charge in [0.1, 0.15) is 0 Å². The molecule has 1 N–H and O–H groups in total. The molecule has 0 unspecified atom stereocenters. The lowest BCUT2D eigenvalue weighted by molar-refractivity contribution is -0.118. The van der Waals surface area contributed by atoms with Crippen molar-refractivity contribution in [3.05, 3.63) is 63.7 Å². The van der Waals surface area contributed by atoms with Gasteiger partial charge in [0.25, 0.3) is 0 Å². The van der Waals surface area contributed by atoms with Gasteiger partial charge in [0.05, 0.1) is 11.6 Å². The number of amides is 1. The Morgan fingerprint density at radius 3 is 2.76 bits per heavy atom. The highest BCUT2D eigenvalue weighted by atomic mass is 35.5. The van der Waals surface area contributed by atoms with Gasteiger partial charge >= 0.3 is 0 Å². The number of hydrogen-bond acceptors (Lipinski definition) is 2.